The average Bonchev–Trinajstić information content (AvgIpc) is 2.13. The maximum absolute atomic E-state index is 12.6. The van der Waals surface area contributed by atoms with Crippen LogP contribution >= 0.6 is 34.4 Å². The van der Waals surface area contributed by atoms with Crippen LogP contribution in [0, 0.1) is 3.57 Å². The highest BCUT2D eigenvalue weighted by molar-refractivity contribution is 14.1. The van der Waals surface area contributed by atoms with Crippen LogP contribution in [0.5, 0.6) is 0 Å². The van der Waals surface area contributed by atoms with Crippen LogP contribution in [-0.4, -0.2) is 6.26 Å². The molecule has 1 rings (SSSR count). The van der Waals surface area contributed by atoms with Gasteiger partial charge in [-0.3, -0.25) is 0 Å². The van der Waals surface area contributed by atoms with Crippen LogP contribution in [0.25, 0.3) is 0 Å². The first-order chi connectivity index (χ1) is 7.59. The number of alkyl halides is 6. The Balaban J connectivity index is 3.59. The van der Waals surface area contributed by atoms with Crippen LogP contribution in [0.3, 0.4) is 0 Å². The summed E-state index contributed by atoms with van der Waals surface area (Å²) in [4.78, 5) is 0.172. The van der Waals surface area contributed by atoms with E-state index in [-0.39, 0.29) is 4.90 Å². The van der Waals surface area contributed by atoms with Gasteiger partial charge >= 0.3 is 12.4 Å². The highest BCUT2D eigenvalue weighted by Gasteiger charge is 2.45. The van der Waals surface area contributed by atoms with Crippen molar-refractivity contribution in [2.45, 2.75) is 17.2 Å². The van der Waals surface area contributed by atoms with Gasteiger partial charge in [0.1, 0.15) is 0 Å². The Hall–Kier alpha value is -0.120. The largest absolute Gasteiger partial charge is 0.418 e. The highest BCUT2D eigenvalue weighted by atomic mass is 127. The van der Waals surface area contributed by atoms with Gasteiger partial charge in [0.05, 0.1) is 11.1 Å². The first-order valence-corrected chi connectivity index (χ1v) is 6.40. The molecule has 8 heteroatoms. The first-order valence-electron chi connectivity index (χ1n) is 4.10. The Kier molecular flexibility index (Phi) is 4.28. The fourth-order valence-corrected chi connectivity index (χ4v) is 3.15. The number of rotatable bonds is 1. The number of thioether (sulfide) groups is 1. The molecule has 0 heterocycles. The molecule has 0 saturated carbocycles. The minimum absolute atomic E-state index is 0.172. The van der Waals surface area contributed by atoms with E-state index in [2.05, 4.69) is 0 Å². The van der Waals surface area contributed by atoms with Crippen molar-refractivity contribution in [2.24, 2.45) is 0 Å². The zero-order valence-electron chi connectivity index (χ0n) is 8.21. The summed E-state index contributed by atoms with van der Waals surface area (Å²) < 4.78 is 75.0. The van der Waals surface area contributed by atoms with Crippen molar-refractivity contribution in [3.05, 3.63) is 26.8 Å². The van der Waals surface area contributed by atoms with Crippen molar-refractivity contribution in [1.29, 1.82) is 0 Å². The van der Waals surface area contributed by atoms with Crippen LogP contribution in [-0.2, 0) is 12.4 Å². The van der Waals surface area contributed by atoms with E-state index in [1.807, 2.05) is 0 Å². The summed E-state index contributed by atoms with van der Waals surface area (Å²) in [5, 5.41) is 0. The SMILES string of the molecule is CSc1ccc(C(F)(F)F)c(C(F)(F)F)c1I. The van der Waals surface area contributed by atoms with E-state index in [0.717, 1.165) is 17.8 Å². The molecule has 0 saturated heterocycles. The van der Waals surface area contributed by atoms with Gasteiger partial charge in [0.15, 0.2) is 0 Å². The van der Waals surface area contributed by atoms with E-state index in [1.165, 1.54) is 28.8 Å². The van der Waals surface area contributed by atoms with Crippen molar-refractivity contribution < 1.29 is 26.3 Å². The van der Waals surface area contributed by atoms with Gasteiger partial charge < -0.3 is 0 Å². The predicted octanol–water partition coefficient (Wildman–Crippen LogP) is 5.05. The molecule has 0 spiro atoms. The first kappa shape index (κ1) is 14.9. The highest BCUT2D eigenvalue weighted by Crippen LogP contribution is 2.44. The molecule has 1 aromatic carbocycles. The summed E-state index contributed by atoms with van der Waals surface area (Å²) in [6, 6.07) is 1.52. The van der Waals surface area contributed by atoms with Crippen molar-refractivity contribution in [1.82, 2.24) is 0 Å². The molecule has 1 aromatic rings. The van der Waals surface area contributed by atoms with Crippen LogP contribution < -0.4 is 0 Å². The average molecular weight is 386 g/mol. The van der Waals surface area contributed by atoms with Gasteiger partial charge in [0.2, 0.25) is 0 Å². The molecule has 0 unspecified atom stereocenters. The quantitative estimate of drug-likeness (QED) is 0.370. The zero-order valence-corrected chi connectivity index (χ0v) is 11.2. The second kappa shape index (κ2) is 4.87. The molecule has 0 fully saturated rings. The fourth-order valence-electron chi connectivity index (χ4n) is 1.23. The lowest BCUT2D eigenvalue weighted by atomic mass is 10.1. The molecule has 0 aliphatic carbocycles. The van der Waals surface area contributed by atoms with Gasteiger partial charge in [-0.15, -0.1) is 11.8 Å². The van der Waals surface area contributed by atoms with E-state index in [9.17, 15) is 26.3 Å². The Morgan fingerprint density at radius 1 is 1.00 bits per heavy atom. The van der Waals surface area contributed by atoms with Crippen LogP contribution in [0.4, 0.5) is 26.3 Å². The molecule has 0 N–H and O–H groups in total. The summed E-state index contributed by atoms with van der Waals surface area (Å²) in [5.41, 5.74) is -3.26. The monoisotopic (exact) mass is 386 g/mol. The summed E-state index contributed by atoms with van der Waals surface area (Å²) in [6.07, 6.45) is -8.53. The molecule has 0 radical (unpaired) electrons. The van der Waals surface area contributed by atoms with Crippen molar-refractivity contribution >= 4 is 34.4 Å². The van der Waals surface area contributed by atoms with Crippen molar-refractivity contribution in [2.75, 3.05) is 6.26 Å². The Morgan fingerprint density at radius 3 is 1.88 bits per heavy atom. The number of halogens is 7. The standard InChI is InChI=1S/C9H5F6IS/c1-17-5-3-2-4(8(10,11)12)6(7(5)16)9(13,14)15/h2-3H,1H3. The molecule has 0 aromatic heterocycles. The van der Waals surface area contributed by atoms with Crippen molar-refractivity contribution in [3.8, 4) is 0 Å². The molecule has 0 bridgehead atoms. The number of benzene rings is 1. The second-order valence-electron chi connectivity index (χ2n) is 3.00. The van der Waals surface area contributed by atoms with E-state index >= 15 is 0 Å². The molecule has 96 valence electrons. The van der Waals surface area contributed by atoms with Gasteiger partial charge in [-0.1, -0.05) is 0 Å². The van der Waals surface area contributed by atoms with Crippen LogP contribution in [0.1, 0.15) is 11.1 Å². The summed E-state index contributed by atoms with van der Waals surface area (Å²) in [6.45, 7) is 0. The molecular weight excluding hydrogens is 381 g/mol. The van der Waals surface area contributed by atoms with Gasteiger partial charge in [0.25, 0.3) is 0 Å². The lowest BCUT2D eigenvalue weighted by Gasteiger charge is -2.18. The molecule has 17 heavy (non-hydrogen) atoms. The van der Waals surface area contributed by atoms with E-state index in [1.54, 1.807) is 0 Å². The number of hydrogen-bond donors (Lipinski definition) is 0. The third kappa shape index (κ3) is 3.21. The van der Waals surface area contributed by atoms with Crippen LogP contribution in [0.15, 0.2) is 17.0 Å². The molecule has 0 aliphatic rings. The van der Waals surface area contributed by atoms with E-state index in [0.29, 0.717) is 6.07 Å². The molecule has 0 atom stereocenters. The van der Waals surface area contributed by atoms with Gasteiger partial charge in [0, 0.05) is 8.47 Å². The normalized spacial score (nSPS) is 12.9. The molecular formula is C9H5F6IS. The summed E-state index contributed by atoms with van der Waals surface area (Å²) in [5.74, 6) is 0. The predicted molar refractivity (Wildman–Crippen MR) is 60.9 cm³/mol. The summed E-state index contributed by atoms with van der Waals surface area (Å²) >= 11 is 2.26. The summed E-state index contributed by atoms with van der Waals surface area (Å²) in [7, 11) is 0. The molecule has 0 nitrogen and oxygen atoms in total. The maximum atomic E-state index is 12.6. The Labute approximate surface area is 111 Å². The lowest BCUT2D eigenvalue weighted by Crippen LogP contribution is -2.18. The smallest absolute Gasteiger partial charge is 0.166 e. The third-order valence-electron chi connectivity index (χ3n) is 1.92. The molecule has 0 amide bonds. The van der Waals surface area contributed by atoms with Gasteiger partial charge in [-0.2, -0.15) is 26.3 Å². The van der Waals surface area contributed by atoms with E-state index in [4.69, 9.17) is 0 Å². The third-order valence-corrected chi connectivity index (χ3v) is 4.18. The fraction of sp³-hybridized carbons (Fsp3) is 0.333. The lowest BCUT2D eigenvalue weighted by molar-refractivity contribution is -0.162. The van der Waals surface area contributed by atoms with Gasteiger partial charge in [-0.25, -0.2) is 0 Å². The van der Waals surface area contributed by atoms with Crippen molar-refractivity contribution in [3.63, 3.8) is 0 Å². The van der Waals surface area contributed by atoms with Gasteiger partial charge in [-0.05, 0) is 41.0 Å². The second-order valence-corrected chi connectivity index (χ2v) is 4.93. The van der Waals surface area contributed by atoms with E-state index < -0.39 is 27.0 Å². The van der Waals surface area contributed by atoms with Crippen LogP contribution in [0.2, 0.25) is 0 Å². The Bertz CT molecular complexity index is 423. The molecule has 0 aliphatic heterocycles. The minimum atomic E-state index is -5.02. The number of hydrogen-bond acceptors (Lipinski definition) is 1. The zero-order chi connectivity index (χ0) is 13.4. The minimum Gasteiger partial charge on any atom is -0.166 e. The Morgan fingerprint density at radius 2 is 1.53 bits per heavy atom. The topological polar surface area (TPSA) is 0 Å². The maximum Gasteiger partial charge on any atom is 0.418 e.